The van der Waals surface area contributed by atoms with Crippen molar-refractivity contribution in [2.24, 2.45) is 11.8 Å². The number of benzene rings is 1. The summed E-state index contributed by atoms with van der Waals surface area (Å²) in [6, 6.07) is 10.3. The second-order valence-corrected chi connectivity index (χ2v) is 9.27. The minimum atomic E-state index is -0.0143. The van der Waals surface area contributed by atoms with E-state index in [1.807, 2.05) is 30.3 Å². The molecule has 5 heteroatoms. The summed E-state index contributed by atoms with van der Waals surface area (Å²) in [5.74, 6) is 2.55. The van der Waals surface area contributed by atoms with Crippen molar-refractivity contribution < 1.29 is 0 Å². The van der Waals surface area contributed by atoms with Crippen LogP contribution in [0.1, 0.15) is 50.9 Å². The first kappa shape index (κ1) is 18.1. The third kappa shape index (κ3) is 3.20. The molecule has 2 aliphatic rings. The van der Waals surface area contributed by atoms with Crippen molar-refractivity contribution in [3.63, 3.8) is 0 Å². The number of thiophene rings is 1. The zero-order valence-electron chi connectivity index (χ0n) is 16.4. The molecule has 1 aliphatic carbocycles. The van der Waals surface area contributed by atoms with Crippen molar-refractivity contribution in [1.29, 1.82) is 0 Å². The van der Waals surface area contributed by atoms with E-state index >= 15 is 0 Å². The highest BCUT2D eigenvalue weighted by atomic mass is 32.1. The number of nitrogens with one attached hydrogen (secondary N) is 1. The van der Waals surface area contributed by atoms with Crippen LogP contribution in [0, 0.1) is 11.8 Å². The molecule has 1 aliphatic heterocycles. The lowest BCUT2D eigenvalue weighted by molar-refractivity contribution is 0.0591. The van der Waals surface area contributed by atoms with Crippen LogP contribution in [0.2, 0.25) is 0 Å². The molecule has 0 amide bonds. The van der Waals surface area contributed by atoms with Crippen LogP contribution in [0.4, 0.5) is 0 Å². The van der Waals surface area contributed by atoms with Crippen molar-refractivity contribution in [3.05, 3.63) is 51.9 Å². The van der Waals surface area contributed by atoms with E-state index in [0.29, 0.717) is 0 Å². The Balaban J connectivity index is 1.44. The number of aromatic amines is 1. The number of aromatic nitrogens is 2. The van der Waals surface area contributed by atoms with Gasteiger partial charge in [-0.1, -0.05) is 49.6 Å². The van der Waals surface area contributed by atoms with E-state index < -0.39 is 0 Å². The van der Waals surface area contributed by atoms with Gasteiger partial charge >= 0.3 is 0 Å². The fraction of sp³-hybridized carbons (Fsp3) is 0.478. The Hall–Kier alpha value is -1.98. The highest BCUT2D eigenvalue weighted by Crippen LogP contribution is 2.38. The Morgan fingerprint density at radius 2 is 1.93 bits per heavy atom. The molecule has 0 unspecified atom stereocenters. The first-order chi connectivity index (χ1) is 13.7. The maximum Gasteiger partial charge on any atom is 0.260 e. The Bertz CT molecular complexity index is 1030. The van der Waals surface area contributed by atoms with Crippen molar-refractivity contribution >= 4 is 21.6 Å². The van der Waals surface area contributed by atoms with Gasteiger partial charge in [-0.25, -0.2) is 4.98 Å². The van der Waals surface area contributed by atoms with E-state index in [0.717, 1.165) is 52.1 Å². The SMILES string of the molecule is C[C@H](c1nc2scc(-c3ccccc3)c2c(=O)[nH]1)N1CC[C@H]2CCCC[C@@H]2C1. The number of fused-ring (bicyclic) bond motifs is 2. The van der Waals surface area contributed by atoms with E-state index in [1.54, 1.807) is 11.3 Å². The Morgan fingerprint density at radius 1 is 1.14 bits per heavy atom. The summed E-state index contributed by atoms with van der Waals surface area (Å²) >= 11 is 1.57. The number of likely N-dealkylation sites (tertiary alicyclic amines) is 1. The maximum atomic E-state index is 13.0. The third-order valence-electron chi connectivity index (χ3n) is 6.81. The van der Waals surface area contributed by atoms with Gasteiger partial charge in [0.15, 0.2) is 0 Å². The normalized spacial score (nSPS) is 24.2. The lowest BCUT2D eigenvalue weighted by Gasteiger charge is -2.43. The maximum absolute atomic E-state index is 13.0. The molecular weight excluding hydrogens is 366 g/mol. The summed E-state index contributed by atoms with van der Waals surface area (Å²) in [6.45, 7) is 4.45. The molecular formula is C23H27N3OS. The smallest absolute Gasteiger partial charge is 0.260 e. The number of rotatable bonds is 3. The second kappa shape index (κ2) is 7.45. The topological polar surface area (TPSA) is 49.0 Å². The van der Waals surface area contributed by atoms with Gasteiger partial charge in [0.25, 0.3) is 5.56 Å². The van der Waals surface area contributed by atoms with Crippen molar-refractivity contribution in [1.82, 2.24) is 14.9 Å². The molecule has 0 radical (unpaired) electrons. The van der Waals surface area contributed by atoms with Gasteiger partial charge in [-0.05, 0) is 43.7 Å². The number of hydrogen-bond acceptors (Lipinski definition) is 4. The molecule has 2 aromatic heterocycles. The largest absolute Gasteiger partial charge is 0.309 e. The Kier molecular flexibility index (Phi) is 4.81. The summed E-state index contributed by atoms with van der Waals surface area (Å²) in [7, 11) is 0. The average Bonchev–Trinajstić information content (AvgIpc) is 3.18. The average molecular weight is 394 g/mol. The van der Waals surface area contributed by atoms with Gasteiger partial charge in [-0.2, -0.15) is 0 Å². The van der Waals surface area contributed by atoms with Crippen LogP contribution in [0.3, 0.4) is 0 Å². The molecule has 0 bridgehead atoms. The van der Waals surface area contributed by atoms with Gasteiger partial charge in [-0.15, -0.1) is 11.3 Å². The van der Waals surface area contributed by atoms with E-state index in [-0.39, 0.29) is 11.6 Å². The van der Waals surface area contributed by atoms with E-state index in [1.165, 1.54) is 32.1 Å². The highest BCUT2D eigenvalue weighted by molar-refractivity contribution is 7.17. The summed E-state index contributed by atoms with van der Waals surface area (Å²) in [5, 5.41) is 2.78. The minimum Gasteiger partial charge on any atom is -0.309 e. The molecule has 3 atom stereocenters. The van der Waals surface area contributed by atoms with Gasteiger partial charge in [0.1, 0.15) is 10.7 Å². The third-order valence-corrected chi connectivity index (χ3v) is 7.69. The molecule has 0 spiro atoms. The van der Waals surface area contributed by atoms with Gasteiger partial charge in [0.05, 0.1) is 11.4 Å². The van der Waals surface area contributed by atoms with Crippen molar-refractivity contribution in [2.75, 3.05) is 13.1 Å². The van der Waals surface area contributed by atoms with E-state index in [2.05, 4.69) is 22.2 Å². The van der Waals surface area contributed by atoms with Crippen LogP contribution in [0.15, 0.2) is 40.5 Å². The van der Waals surface area contributed by atoms with Gasteiger partial charge < -0.3 is 4.98 Å². The Labute approximate surface area is 169 Å². The molecule has 5 rings (SSSR count). The molecule has 1 N–H and O–H groups in total. The standard InChI is InChI=1S/C23H27N3OS/c1-15(26-12-11-16-7-5-6-10-18(16)13-26)21-24-22(27)20-19(14-28-23(20)25-21)17-8-3-2-4-9-17/h2-4,8-9,14-16,18H,5-7,10-13H2,1H3,(H,24,25,27)/t15-,16-,18-/m1/s1. The zero-order valence-corrected chi connectivity index (χ0v) is 17.2. The van der Waals surface area contributed by atoms with Crippen molar-refractivity contribution in [2.45, 2.75) is 45.1 Å². The van der Waals surface area contributed by atoms with Crippen LogP contribution < -0.4 is 5.56 Å². The first-order valence-corrected chi connectivity index (χ1v) is 11.4. The molecule has 1 saturated carbocycles. The van der Waals surface area contributed by atoms with Crippen LogP contribution in [0.5, 0.6) is 0 Å². The Morgan fingerprint density at radius 3 is 2.75 bits per heavy atom. The lowest BCUT2D eigenvalue weighted by Crippen LogP contribution is -2.43. The zero-order chi connectivity index (χ0) is 19.1. The number of hydrogen-bond donors (Lipinski definition) is 1. The second-order valence-electron chi connectivity index (χ2n) is 8.41. The molecule has 28 heavy (non-hydrogen) atoms. The summed E-state index contributed by atoms with van der Waals surface area (Å²) in [5.41, 5.74) is 2.04. The predicted molar refractivity (Wildman–Crippen MR) is 116 cm³/mol. The number of piperidine rings is 1. The molecule has 2 fully saturated rings. The first-order valence-electron chi connectivity index (χ1n) is 10.5. The molecule has 146 valence electrons. The van der Waals surface area contributed by atoms with Crippen molar-refractivity contribution in [3.8, 4) is 11.1 Å². The monoisotopic (exact) mass is 393 g/mol. The fourth-order valence-electron chi connectivity index (χ4n) is 5.15. The van der Waals surface area contributed by atoms with Crippen LogP contribution in [-0.2, 0) is 0 Å². The minimum absolute atomic E-state index is 0.0143. The summed E-state index contributed by atoms with van der Waals surface area (Å²) in [4.78, 5) is 24.3. The molecule has 3 heterocycles. The van der Waals surface area contributed by atoms with Crippen LogP contribution in [-0.4, -0.2) is 28.0 Å². The fourth-order valence-corrected chi connectivity index (χ4v) is 6.10. The summed E-state index contributed by atoms with van der Waals surface area (Å²) < 4.78 is 0. The van der Waals surface area contributed by atoms with Crippen LogP contribution >= 0.6 is 11.3 Å². The lowest BCUT2D eigenvalue weighted by atomic mass is 9.75. The quantitative estimate of drug-likeness (QED) is 0.663. The van der Waals surface area contributed by atoms with Gasteiger partial charge in [0.2, 0.25) is 0 Å². The summed E-state index contributed by atoms with van der Waals surface area (Å²) in [6.07, 6.45) is 6.85. The van der Waals surface area contributed by atoms with Gasteiger partial charge in [0, 0.05) is 17.5 Å². The number of nitrogens with zero attached hydrogens (tertiary/aromatic N) is 2. The predicted octanol–water partition coefficient (Wildman–Crippen LogP) is 5.22. The highest BCUT2D eigenvalue weighted by Gasteiger charge is 2.33. The van der Waals surface area contributed by atoms with E-state index in [9.17, 15) is 4.79 Å². The molecule has 4 nitrogen and oxygen atoms in total. The number of H-pyrrole nitrogens is 1. The molecule has 1 saturated heterocycles. The van der Waals surface area contributed by atoms with E-state index in [4.69, 9.17) is 4.98 Å². The molecule has 1 aromatic carbocycles. The van der Waals surface area contributed by atoms with Gasteiger partial charge in [-0.3, -0.25) is 9.69 Å². The van der Waals surface area contributed by atoms with Crippen LogP contribution in [0.25, 0.3) is 21.3 Å². The molecule has 3 aromatic rings.